The van der Waals surface area contributed by atoms with Gasteiger partial charge in [0.25, 0.3) is 0 Å². The Morgan fingerprint density at radius 3 is 2.48 bits per heavy atom. The molecule has 0 bridgehead atoms. The Labute approximate surface area is 154 Å². The summed E-state index contributed by atoms with van der Waals surface area (Å²) in [5.41, 5.74) is 6.25. The Hall–Kier alpha value is -1.79. The topological polar surface area (TPSA) is 87.5 Å². The van der Waals surface area contributed by atoms with E-state index in [4.69, 9.17) is 17.3 Å². The predicted molar refractivity (Wildman–Crippen MR) is 99.3 cm³/mol. The lowest BCUT2D eigenvalue weighted by molar-refractivity contribution is -0.122. The molecule has 25 heavy (non-hydrogen) atoms. The predicted octanol–water partition coefficient (Wildman–Crippen LogP) is 2.26. The smallest absolute Gasteiger partial charge is 0.312 e. The molecule has 0 aromatic heterocycles. The summed E-state index contributed by atoms with van der Waals surface area (Å²) >= 11 is 5.91. The minimum atomic E-state index is -0.519. The molecule has 0 saturated carbocycles. The average Bonchev–Trinajstić information content (AvgIpc) is 2.58. The first-order valence-electron chi connectivity index (χ1n) is 8.82. The summed E-state index contributed by atoms with van der Waals surface area (Å²) in [5, 5.41) is 6.40. The lowest BCUT2D eigenvalue weighted by atomic mass is 10.0. The van der Waals surface area contributed by atoms with Crippen molar-refractivity contribution in [2.24, 2.45) is 5.73 Å². The van der Waals surface area contributed by atoms with Crippen LogP contribution in [-0.2, 0) is 11.3 Å². The lowest BCUT2D eigenvalue weighted by Crippen LogP contribution is -2.44. The van der Waals surface area contributed by atoms with E-state index in [2.05, 4.69) is 27.7 Å². The number of carbonyl (C=O) groups excluding carboxylic acids is 2. The number of nitrogens with zero attached hydrogens (tertiary/aromatic N) is 1. The zero-order valence-corrected chi connectivity index (χ0v) is 15.2. The average molecular weight is 367 g/mol. The largest absolute Gasteiger partial charge is 0.353 e. The number of carbonyl (C=O) groups is 2. The van der Waals surface area contributed by atoms with Gasteiger partial charge in [-0.05, 0) is 43.4 Å². The minimum absolute atomic E-state index is 0.0928. The van der Waals surface area contributed by atoms with Crippen molar-refractivity contribution in [2.75, 3.05) is 19.6 Å². The van der Waals surface area contributed by atoms with Crippen LogP contribution < -0.4 is 16.4 Å². The van der Waals surface area contributed by atoms with Gasteiger partial charge in [0.05, 0.1) is 0 Å². The maximum atomic E-state index is 12.0. The van der Waals surface area contributed by atoms with Gasteiger partial charge in [-0.25, -0.2) is 4.79 Å². The van der Waals surface area contributed by atoms with E-state index < -0.39 is 6.03 Å². The zero-order valence-electron chi connectivity index (χ0n) is 14.5. The SMILES string of the molecule is NC(=O)NCCCCC(=O)NC1CCN(Cc2ccc(Cl)cc2)CC1. The molecule has 1 saturated heterocycles. The summed E-state index contributed by atoms with van der Waals surface area (Å²) in [7, 11) is 0. The number of urea groups is 1. The highest BCUT2D eigenvalue weighted by Crippen LogP contribution is 2.16. The second kappa shape index (κ2) is 10.3. The number of benzene rings is 1. The highest BCUT2D eigenvalue weighted by Gasteiger charge is 2.20. The number of halogens is 1. The van der Waals surface area contributed by atoms with Gasteiger partial charge >= 0.3 is 6.03 Å². The number of amides is 3. The van der Waals surface area contributed by atoms with Crippen LogP contribution in [0.15, 0.2) is 24.3 Å². The molecule has 138 valence electrons. The molecule has 0 aliphatic carbocycles. The summed E-state index contributed by atoms with van der Waals surface area (Å²) in [4.78, 5) is 24.9. The first-order valence-corrected chi connectivity index (χ1v) is 9.20. The molecular weight excluding hydrogens is 340 g/mol. The van der Waals surface area contributed by atoms with Gasteiger partial charge in [-0.1, -0.05) is 23.7 Å². The lowest BCUT2D eigenvalue weighted by Gasteiger charge is -2.32. The van der Waals surface area contributed by atoms with E-state index in [0.717, 1.165) is 50.3 Å². The number of rotatable bonds is 8. The van der Waals surface area contributed by atoms with E-state index in [9.17, 15) is 9.59 Å². The molecule has 1 aliphatic heterocycles. The monoisotopic (exact) mass is 366 g/mol. The van der Waals surface area contributed by atoms with Gasteiger partial charge in [-0.2, -0.15) is 0 Å². The van der Waals surface area contributed by atoms with E-state index in [0.29, 0.717) is 13.0 Å². The summed E-state index contributed by atoms with van der Waals surface area (Å²) in [5.74, 6) is 0.0928. The normalized spacial score (nSPS) is 15.7. The van der Waals surface area contributed by atoms with Gasteiger partial charge in [0.1, 0.15) is 0 Å². The fraction of sp³-hybridized carbons (Fsp3) is 0.556. The van der Waals surface area contributed by atoms with E-state index in [1.807, 2.05) is 12.1 Å². The van der Waals surface area contributed by atoms with Crippen LogP contribution in [-0.4, -0.2) is 42.5 Å². The van der Waals surface area contributed by atoms with E-state index >= 15 is 0 Å². The quantitative estimate of drug-likeness (QED) is 0.617. The summed E-state index contributed by atoms with van der Waals surface area (Å²) in [6.45, 7) is 3.41. The molecule has 0 unspecified atom stereocenters. The molecule has 1 aromatic carbocycles. The van der Waals surface area contributed by atoms with Crippen LogP contribution in [0.2, 0.25) is 5.02 Å². The van der Waals surface area contributed by atoms with Crippen molar-refractivity contribution in [2.45, 2.75) is 44.7 Å². The van der Waals surface area contributed by atoms with Crippen LogP contribution in [0, 0.1) is 0 Å². The van der Waals surface area contributed by atoms with Gasteiger partial charge in [0.2, 0.25) is 5.91 Å². The standard InChI is InChI=1S/C18H27ClN4O2/c19-15-6-4-14(5-7-15)13-23-11-8-16(9-12-23)22-17(24)3-1-2-10-21-18(20)25/h4-7,16H,1-3,8-13H2,(H,22,24)(H3,20,21,25). The molecule has 0 atom stereocenters. The van der Waals surface area contributed by atoms with Crippen molar-refractivity contribution in [1.82, 2.24) is 15.5 Å². The van der Waals surface area contributed by atoms with Gasteiger partial charge in [-0.15, -0.1) is 0 Å². The van der Waals surface area contributed by atoms with Crippen molar-refractivity contribution in [3.8, 4) is 0 Å². The fourth-order valence-electron chi connectivity index (χ4n) is 3.01. The molecule has 4 N–H and O–H groups in total. The first kappa shape index (κ1) is 19.5. The number of unbranched alkanes of at least 4 members (excludes halogenated alkanes) is 1. The van der Waals surface area contributed by atoms with Gasteiger partial charge in [-0.3, -0.25) is 9.69 Å². The molecule has 1 aliphatic rings. The number of piperidine rings is 1. The third kappa shape index (κ3) is 7.75. The minimum Gasteiger partial charge on any atom is -0.353 e. The van der Waals surface area contributed by atoms with Crippen molar-refractivity contribution in [1.29, 1.82) is 0 Å². The first-order chi connectivity index (χ1) is 12.0. The summed E-state index contributed by atoms with van der Waals surface area (Å²) < 4.78 is 0. The van der Waals surface area contributed by atoms with Gasteiger partial charge < -0.3 is 16.4 Å². The molecule has 0 radical (unpaired) electrons. The third-order valence-corrected chi connectivity index (χ3v) is 4.65. The van der Waals surface area contributed by atoms with E-state index in [-0.39, 0.29) is 11.9 Å². The van der Waals surface area contributed by atoms with Crippen molar-refractivity contribution in [3.63, 3.8) is 0 Å². The molecular formula is C18H27ClN4O2. The zero-order chi connectivity index (χ0) is 18.1. The molecule has 1 heterocycles. The van der Waals surface area contributed by atoms with E-state index in [1.165, 1.54) is 5.56 Å². The highest BCUT2D eigenvalue weighted by molar-refractivity contribution is 6.30. The number of likely N-dealkylation sites (tertiary alicyclic amines) is 1. The molecule has 6 nitrogen and oxygen atoms in total. The van der Waals surface area contributed by atoms with Crippen LogP contribution >= 0.6 is 11.6 Å². The number of primary amides is 1. The summed E-state index contributed by atoms with van der Waals surface area (Å²) in [6.07, 6.45) is 3.95. The highest BCUT2D eigenvalue weighted by atomic mass is 35.5. The Morgan fingerprint density at radius 2 is 1.84 bits per heavy atom. The van der Waals surface area contributed by atoms with Crippen LogP contribution in [0.25, 0.3) is 0 Å². The van der Waals surface area contributed by atoms with Gasteiger partial charge in [0.15, 0.2) is 0 Å². The second-order valence-electron chi connectivity index (χ2n) is 6.49. The number of hydrogen-bond acceptors (Lipinski definition) is 3. The Bertz CT molecular complexity index is 557. The van der Waals surface area contributed by atoms with Crippen LogP contribution in [0.5, 0.6) is 0 Å². The Kier molecular flexibility index (Phi) is 8.01. The Balaban J connectivity index is 1.59. The summed E-state index contributed by atoms with van der Waals surface area (Å²) in [6, 6.07) is 7.70. The molecule has 3 amide bonds. The molecule has 1 aromatic rings. The maximum Gasteiger partial charge on any atom is 0.312 e. The number of nitrogens with two attached hydrogens (primary N) is 1. The fourth-order valence-corrected chi connectivity index (χ4v) is 3.13. The van der Waals surface area contributed by atoms with Gasteiger partial charge in [0, 0.05) is 43.7 Å². The van der Waals surface area contributed by atoms with E-state index in [1.54, 1.807) is 0 Å². The van der Waals surface area contributed by atoms with Crippen LogP contribution in [0.1, 0.15) is 37.7 Å². The third-order valence-electron chi connectivity index (χ3n) is 4.40. The second-order valence-corrected chi connectivity index (χ2v) is 6.93. The van der Waals surface area contributed by atoms with Crippen molar-refractivity contribution >= 4 is 23.5 Å². The molecule has 7 heteroatoms. The Morgan fingerprint density at radius 1 is 1.16 bits per heavy atom. The maximum absolute atomic E-state index is 12.0. The van der Waals surface area contributed by atoms with Crippen LogP contribution in [0.3, 0.4) is 0 Å². The van der Waals surface area contributed by atoms with Crippen molar-refractivity contribution in [3.05, 3.63) is 34.9 Å². The molecule has 2 rings (SSSR count). The number of nitrogens with one attached hydrogen (secondary N) is 2. The molecule has 1 fully saturated rings. The molecule has 0 spiro atoms. The van der Waals surface area contributed by atoms with Crippen molar-refractivity contribution < 1.29 is 9.59 Å². The number of hydrogen-bond donors (Lipinski definition) is 3. The van der Waals surface area contributed by atoms with Crippen LogP contribution in [0.4, 0.5) is 4.79 Å².